The quantitative estimate of drug-likeness (QED) is 0.0581. The SMILES string of the molecule is COc1cc(Nc2ncc(-c3cnc(OC)c(C(=O)NS(=O)(=O)c4cn(C)nc4C(F)(F)F)c3)c(-n3nc(C(F)(F)F)cc3C)n2)cc(OC)c1.COc1cc(Nc2ncc(-c3cnc(OC)c(C(=O)O)c3)c(-n3nc(C(F)(F)F)cc3C)n2)cc(OC)c1. The van der Waals surface area contributed by atoms with Gasteiger partial charge in [0.2, 0.25) is 23.7 Å². The average Bonchev–Trinajstić information content (AvgIpc) is 1.82. The van der Waals surface area contributed by atoms with Gasteiger partial charge >= 0.3 is 24.5 Å². The highest BCUT2D eigenvalue weighted by atomic mass is 32.2. The molecule has 0 bridgehead atoms. The summed E-state index contributed by atoms with van der Waals surface area (Å²) in [7, 11) is 4.04. The fraction of sp³-hybridized carbons (Fsp3) is 0.226. The van der Waals surface area contributed by atoms with Gasteiger partial charge in [0.1, 0.15) is 39.0 Å². The molecule has 89 heavy (non-hydrogen) atoms. The highest BCUT2D eigenvalue weighted by Crippen LogP contribution is 2.38. The van der Waals surface area contributed by atoms with Gasteiger partial charge in [0.05, 0.1) is 42.7 Å². The van der Waals surface area contributed by atoms with Gasteiger partial charge < -0.3 is 44.2 Å². The number of pyridine rings is 2. The molecule has 2 aromatic carbocycles. The third kappa shape index (κ3) is 14.4. The van der Waals surface area contributed by atoms with Crippen LogP contribution in [-0.4, -0.2) is 127 Å². The van der Waals surface area contributed by atoms with Crippen molar-refractivity contribution in [3.8, 4) is 68.6 Å². The molecular weight excluding hydrogens is 1230 g/mol. The van der Waals surface area contributed by atoms with Crippen LogP contribution in [0.5, 0.6) is 34.8 Å². The molecule has 0 radical (unpaired) electrons. The summed E-state index contributed by atoms with van der Waals surface area (Å²) in [5.41, 5.74) is -3.72. The van der Waals surface area contributed by atoms with Crippen LogP contribution < -0.4 is 43.8 Å². The van der Waals surface area contributed by atoms with Crippen molar-refractivity contribution < 1.29 is 91.0 Å². The van der Waals surface area contributed by atoms with Crippen molar-refractivity contribution in [1.82, 2.24) is 64.0 Å². The van der Waals surface area contributed by atoms with Crippen molar-refractivity contribution in [1.29, 1.82) is 0 Å². The number of sulfonamides is 1. The number of amides is 1. The van der Waals surface area contributed by atoms with E-state index < -0.39 is 73.8 Å². The van der Waals surface area contributed by atoms with E-state index in [-0.39, 0.29) is 68.6 Å². The first-order valence-corrected chi connectivity index (χ1v) is 26.4. The monoisotopic (exact) mass is 1270 g/mol. The molecule has 0 saturated carbocycles. The van der Waals surface area contributed by atoms with Crippen LogP contribution in [0.4, 0.5) is 62.8 Å². The molecule has 7 heterocycles. The number of hydrogen-bond acceptors (Lipinski definition) is 21. The molecule has 0 unspecified atom stereocenters. The highest BCUT2D eigenvalue weighted by molar-refractivity contribution is 7.90. The van der Waals surface area contributed by atoms with Gasteiger partial charge in [0.25, 0.3) is 15.9 Å². The number of aromatic carboxylic acids is 1. The number of hydrogen-bond donors (Lipinski definition) is 4. The number of rotatable bonds is 18. The Morgan fingerprint density at radius 1 is 0.528 bits per heavy atom. The number of halogens is 9. The number of aryl methyl sites for hydroxylation is 3. The topological polar surface area (TPSA) is 311 Å². The molecule has 7 aromatic heterocycles. The van der Waals surface area contributed by atoms with Crippen LogP contribution in [0.3, 0.4) is 0 Å². The van der Waals surface area contributed by atoms with Crippen LogP contribution in [-0.2, 0) is 35.6 Å². The van der Waals surface area contributed by atoms with Crippen LogP contribution in [0, 0.1) is 13.8 Å². The number of carbonyl (C=O) groups excluding carboxylic acids is 1. The van der Waals surface area contributed by atoms with Gasteiger partial charge in [-0.25, -0.2) is 47.2 Å². The fourth-order valence-corrected chi connectivity index (χ4v) is 9.37. The maximum Gasteiger partial charge on any atom is 0.436 e. The van der Waals surface area contributed by atoms with E-state index in [9.17, 15) is 62.6 Å². The molecule has 0 aliphatic rings. The number of ether oxygens (including phenoxy) is 6. The van der Waals surface area contributed by atoms with E-state index in [2.05, 4.69) is 55.8 Å². The Bertz CT molecular complexity index is 4230. The molecule has 0 atom stereocenters. The third-order valence-electron chi connectivity index (χ3n) is 12.3. The Hall–Kier alpha value is -10.8. The molecule has 0 aliphatic carbocycles. The van der Waals surface area contributed by atoms with Gasteiger partial charge in [-0.1, -0.05) is 0 Å². The molecule has 36 heteroatoms. The van der Waals surface area contributed by atoms with Gasteiger partial charge in [-0.15, -0.1) is 0 Å². The molecule has 26 nitrogen and oxygen atoms in total. The number of carboxylic acids is 1. The van der Waals surface area contributed by atoms with Crippen molar-refractivity contribution in [3.05, 3.63) is 131 Å². The zero-order valence-corrected chi connectivity index (χ0v) is 48.2. The summed E-state index contributed by atoms with van der Waals surface area (Å²) in [6.07, 6.45) is -9.22. The predicted molar refractivity (Wildman–Crippen MR) is 293 cm³/mol. The van der Waals surface area contributed by atoms with Gasteiger partial charge in [-0.05, 0) is 38.1 Å². The molecule has 1 amide bonds. The minimum absolute atomic E-state index is 0.0151. The molecule has 4 N–H and O–H groups in total. The van der Waals surface area contributed by atoms with Gasteiger partial charge in [-0.3, -0.25) is 9.48 Å². The summed E-state index contributed by atoms with van der Waals surface area (Å²) < 4.78 is 183. The zero-order chi connectivity index (χ0) is 65.1. The molecule has 9 rings (SSSR count). The van der Waals surface area contributed by atoms with E-state index >= 15 is 0 Å². The number of nitrogens with one attached hydrogen (secondary N) is 3. The minimum atomic E-state index is -5.18. The number of nitrogens with zero attached hydrogens (tertiary/aromatic N) is 12. The van der Waals surface area contributed by atoms with Crippen molar-refractivity contribution in [2.45, 2.75) is 37.3 Å². The fourth-order valence-electron chi connectivity index (χ4n) is 8.20. The lowest BCUT2D eigenvalue weighted by atomic mass is 10.1. The Kier molecular flexibility index (Phi) is 18.2. The normalized spacial score (nSPS) is 11.7. The first-order chi connectivity index (χ1) is 41.9. The van der Waals surface area contributed by atoms with Gasteiger partial charge in [0.15, 0.2) is 28.7 Å². The largest absolute Gasteiger partial charge is 0.497 e. The smallest absolute Gasteiger partial charge is 0.436 e. The van der Waals surface area contributed by atoms with Crippen molar-refractivity contribution in [2.75, 3.05) is 53.3 Å². The number of methoxy groups -OCH3 is 6. The number of anilines is 4. The molecule has 9 aromatic rings. The van der Waals surface area contributed by atoms with E-state index in [0.717, 1.165) is 47.9 Å². The highest BCUT2D eigenvalue weighted by Gasteiger charge is 2.42. The number of aromatic nitrogens is 12. The summed E-state index contributed by atoms with van der Waals surface area (Å²) in [5, 5.41) is 26.0. The number of carboxylic acid groups (broad SMARTS) is 1. The Labute approximate surface area is 496 Å². The van der Waals surface area contributed by atoms with Crippen LogP contribution in [0.25, 0.3) is 33.9 Å². The van der Waals surface area contributed by atoms with Crippen LogP contribution in [0.15, 0.2) is 96.5 Å². The van der Waals surface area contributed by atoms with Gasteiger partial charge in [-0.2, -0.15) is 64.8 Å². The van der Waals surface area contributed by atoms with E-state index in [0.29, 0.717) is 45.3 Å². The van der Waals surface area contributed by atoms with Crippen molar-refractivity contribution in [3.63, 3.8) is 0 Å². The van der Waals surface area contributed by atoms with Crippen LogP contribution in [0.1, 0.15) is 49.2 Å². The summed E-state index contributed by atoms with van der Waals surface area (Å²) >= 11 is 0. The van der Waals surface area contributed by atoms with E-state index in [1.807, 2.05) is 0 Å². The number of benzene rings is 2. The summed E-state index contributed by atoms with van der Waals surface area (Å²) in [4.78, 5) is 49.1. The maximum atomic E-state index is 13.7. The lowest BCUT2D eigenvalue weighted by molar-refractivity contribution is -0.144. The second kappa shape index (κ2) is 25.3. The lowest BCUT2D eigenvalue weighted by Gasteiger charge is -2.15. The van der Waals surface area contributed by atoms with E-state index in [1.54, 1.807) is 41.1 Å². The molecule has 468 valence electrons. The summed E-state index contributed by atoms with van der Waals surface area (Å²) in [6.45, 7) is 2.76. The second-order valence-corrected chi connectivity index (χ2v) is 19.9. The molecule has 0 fully saturated rings. The lowest BCUT2D eigenvalue weighted by Crippen LogP contribution is -2.32. The molecular formula is C53H46F9N15O11S. The number of carbonyl (C=O) groups is 2. The first kappa shape index (κ1) is 64.2. The van der Waals surface area contributed by atoms with Crippen LogP contribution >= 0.6 is 0 Å². The average molecular weight is 1270 g/mol. The van der Waals surface area contributed by atoms with E-state index in [1.165, 1.54) is 74.1 Å². The maximum absolute atomic E-state index is 13.7. The van der Waals surface area contributed by atoms with Gasteiger partial charge in [0, 0.05) is 119 Å². The molecule has 0 aliphatic heterocycles. The third-order valence-corrected chi connectivity index (χ3v) is 13.6. The van der Waals surface area contributed by atoms with Crippen molar-refractivity contribution in [2.24, 2.45) is 7.05 Å². The first-order valence-electron chi connectivity index (χ1n) is 24.9. The zero-order valence-electron chi connectivity index (χ0n) is 47.4. The summed E-state index contributed by atoms with van der Waals surface area (Å²) in [6, 6.07) is 13.6. The Morgan fingerprint density at radius 3 is 1.29 bits per heavy atom. The van der Waals surface area contributed by atoms with Crippen LogP contribution in [0.2, 0.25) is 0 Å². The summed E-state index contributed by atoms with van der Waals surface area (Å²) in [5.74, 6) is -2.02. The Morgan fingerprint density at radius 2 is 0.933 bits per heavy atom. The van der Waals surface area contributed by atoms with E-state index in [4.69, 9.17) is 28.4 Å². The predicted octanol–water partition coefficient (Wildman–Crippen LogP) is 9.21. The molecule has 0 spiro atoms. The van der Waals surface area contributed by atoms with Crippen molar-refractivity contribution >= 4 is 45.2 Å². The second-order valence-electron chi connectivity index (χ2n) is 18.3. The minimum Gasteiger partial charge on any atom is -0.497 e. The number of alkyl halides is 9. The Balaban J connectivity index is 0.000000240. The molecule has 0 saturated heterocycles. The standard InChI is InChI=1S/C29H25F6N9O6S.C24H21F3N6O5/c1-14-6-22(28(30,31)32)40-44(14)24-20(12-37-27(39-24)38-16-8-17(48-3)10-18(9-16)49-4)15-7-19(26(50-5)36-11-15)25(45)42-51(46,47)21-13-43(2)41-23(21)29(33,34)35;1-12-5-19(24(25,26)27)32-33(12)20-18(13-6-17(22(34)35)21(38-4)28-10-13)11-29-23(31-20)30-14-7-15(36-2)9-16(8-14)37-3/h6-13H,1-5H3,(H,42,45)(H,37,38,39);5-11H,1-4H3,(H,34,35)(H,29,30,31).